The summed E-state index contributed by atoms with van der Waals surface area (Å²) in [5.74, 6) is -1.06. The van der Waals surface area contributed by atoms with Crippen LogP contribution in [0.4, 0.5) is 5.13 Å². The van der Waals surface area contributed by atoms with Crippen LogP contribution < -0.4 is 5.32 Å². The Kier molecular flexibility index (Phi) is 4.49. The highest BCUT2D eigenvalue weighted by Gasteiger charge is 2.29. The van der Waals surface area contributed by atoms with Crippen molar-refractivity contribution in [1.82, 2.24) is 9.88 Å². The molecule has 0 aromatic carbocycles. The van der Waals surface area contributed by atoms with Crippen molar-refractivity contribution in [2.75, 3.05) is 18.4 Å². The molecule has 1 amide bonds. The van der Waals surface area contributed by atoms with Crippen molar-refractivity contribution in [2.24, 2.45) is 0 Å². The number of hydrogen-bond donors (Lipinski definition) is 2. The molecule has 1 saturated heterocycles. The maximum atomic E-state index is 11.9. The first-order valence-corrected chi connectivity index (χ1v) is 7.13. The van der Waals surface area contributed by atoms with Gasteiger partial charge in [0.1, 0.15) is 6.04 Å². The number of nitrogens with one attached hydrogen (secondary N) is 1. The maximum absolute atomic E-state index is 11.9. The second-order valence-corrected chi connectivity index (χ2v) is 5.52. The van der Waals surface area contributed by atoms with Gasteiger partial charge in [0.25, 0.3) is 0 Å². The highest BCUT2D eigenvalue weighted by atomic mass is 32.1. The molecule has 0 saturated carbocycles. The summed E-state index contributed by atoms with van der Waals surface area (Å²) in [4.78, 5) is 28.9. The summed E-state index contributed by atoms with van der Waals surface area (Å²) < 4.78 is 0. The van der Waals surface area contributed by atoms with Crippen LogP contribution in [0.25, 0.3) is 0 Å². The quantitative estimate of drug-likeness (QED) is 0.871. The number of aromatic nitrogens is 1. The second kappa shape index (κ2) is 6.12. The zero-order chi connectivity index (χ0) is 13.8. The molecule has 1 aliphatic heterocycles. The van der Waals surface area contributed by atoms with E-state index in [1.54, 1.807) is 4.90 Å². The summed E-state index contributed by atoms with van der Waals surface area (Å²) >= 11 is 1.37. The van der Waals surface area contributed by atoms with E-state index in [1.165, 1.54) is 11.3 Å². The van der Waals surface area contributed by atoms with Gasteiger partial charge in [0.15, 0.2) is 5.13 Å². The van der Waals surface area contributed by atoms with Crippen LogP contribution in [0.1, 0.15) is 25.0 Å². The smallest absolute Gasteiger partial charge is 0.320 e. The normalized spacial score (nSPS) is 20.2. The minimum Gasteiger partial charge on any atom is -0.480 e. The Morgan fingerprint density at radius 1 is 1.58 bits per heavy atom. The van der Waals surface area contributed by atoms with Gasteiger partial charge in [-0.3, -0.25) is 14.5 Å². The van der Waals surface area contributed by atoms with Crippen LogP contribution >= 0.6 is 11.3 Å². The van der Waals surface area contributed by atoms with E-state index in [0.717, 1.165) is 18.5 Å². The Labute approximate surface area is 115 Å². The molecule has 1 unspecified atom stereocenters. The summed E-state index contributed by atoms with van der Waals surface area (Å²) in [5, 5.41) is 14.3. The third-order valence-corrected chi connectivity index (χ3v) is 3.99. The van der Waals surface area contributed by atoms with Crippen LogP contribution in [0, 0.1) is 6.92 Å². The van der Waals surface area contributed by atoms with Crippen molar-refractivity contribution >= 4 is 28.3 Å². The number of carbonyl (C=O) groups excluding carboxylic acids is 1. The fraction of sp³-hybridized carbons (Fsp3) is 0.583. The Morgan fingerprint density at radius 2 is 2.37 bits per heavy atom. The van der Waals surface area contributed by atoms with Gasteiger partial charge >= 0.3 is 5.97 Å². The molecule has 1 aromatic heterocycles. The lowest BCUT2D eigenvalue weighted by Crippen LogP contribution is -2.47. The summed E-state index contributed by atoms with van der Waals surface area (Å²) in [6, 6.07) is -0.544. The Morgan fingerprint density at radius 3 is 3.00 bits per heavy atom. The van der Waals surface area contributed by atoms with Gasteiger partial charge in [-0.05, 0) is 26.3 Å². The fourth-order valence-electron chi connectivity index (χ4n) is 2.21. The average Bonchev–Trinajstić information content (AvgIpc) is 2.75. The van der Waals surface area contributed by atoms with Crippen molar-refractivity contribution in [3.63, 3.8) is 0 Å². The van der Waals surface area contributed by atoms with E-state index in [1.807, 2.05) is 12.3 Å². The number of rotatable bonds is 4. The fourth-order valence-corrected chi connectivity index (χ4v) is 2.92. The zero-order valence-electron chi connectivity index (χ0n) is 10.8. The molecule has 1 fully saturated rings. The van der Waals surface area contributed by atoms with Crippen molar-refractivity contribution in [2.45, 2.75) is 32.2 Å². The number of anilines is 1. The van der Waals surface area contributed by atoms with Crippen LogP contribution in [-0.2, 0) is 9.59 Å². The molecule has 1 aromatic rings. The van der Waals surface area contributed by atoms with Crippen LogP contribution in [0.2, 0.25) is 0 Å². The van der Waals surface area contributed by atoms with Crippen LogP contribution in [0.5, 0.6) is 0 Å². The monoisotopic (exact) mass is 283 g/mol. The molecule has 2 heterocycles. The van der Waals surface area contributed by atoms with E-state index in [-0.39, 0.29) is 12.5 Å². The number of aryl methyl sites for hydroxylation is 1. The molecule has 2 N–H and O–H groups in total. The van der Waals surface area contributed by atoms with Crippen LogP contribution in [-0.4, -0.2) is 46.0 Å². The number of amides is 1. The van der Waals surface area contributed by atoms with Crippen LogP contribution in [0.15, 0.2) is 5.38 Å². The SMILES string of the molecule is Cc1csc(NC(=O)CN2CCCCC2C(=O)O)n1. The van der Waals surface area contributed by atoms with Crippen molar-refractivity contribution < 1.29 is 14.7 Å². The van der Waals surface area contributed by atoms with Gasteiger partial charge in [-0.15, -0.1) is 11.3 Å². The van der Waals surface area contributed by atoms with Gasteiger partial charge in [-0.1, -0.05) is 6.42 Å². The highest BCUT2D eigenvalue weighted by molar-refractivity contribution is 7.13. The summed E-state index contributed by atoms with van der Waals surface area (Å²) in [6.45, 7) is 2.62. The molecular formula is C12H17N3O3S. The number of carboxylic acid groups (broad SMARTS) is 1. The van der Waals surface area contributed by atoms with E-state index >= 15 is 0 Å². The summed E-state index contributed by atoms with van der Waals surface area (Å²) in [7, 11) is 0. The molecule has 1 atom stereocenters. The van der Waals surface area contributed by atoms with Crippen molar-refractivity contribution in [1.29, 1.82) is 0 Å². The van der Waals surface area contributed by atoms with E-state index < -0.39 is 12.0 Å². The number of hydrogen-bond acceptors (Lipinski definition) is 5. The molecule has 0 bridgehead atoms. The Hall–Kier alpha value is -1.47. The first-order valence-electron chi connectivity index (χ1n) is 6.25. The molecular weight excluding hydrogens is 266 g/mol. The topological polar surface area (TPSA) is 82.5 Å². The zero-order valence-corrected chi connectivity index (χ0v) is 11.6. The highest BCUT2D eigenvalue weighted by Crippen LogP contribution is 2.18. The van der Waals surface area contributed by atoms with Crippen LogP contribution in [0.3, 0.4) is 0 Å². The Bertz CT molecular complexity index is 475. The molecule has 19 heavy (non-hydrogen) atoms. The van der Waals surface area contributed by atoms with Gasteiger partial charge in [-0.2, -0.15) is 0 Å². The molecule has 104 valence electrons. The number of likely N-dealkylation sites (tertiary alicyclic amines) is 1. The molecule has 6 nitrogen and oxygen atoms in total. The van der Waals surface area contributed by atoms with Gasteiger partial charge in [0.05, 0.1) is 12.2 Å². The lowest BCUT2D eigenvalue weighted by Gasteiger charge is -2.31. The second-order valence-electron chi connectivity index (χ2n) is 4.66. The maximum Gasteiger partial charge on any atom is 0.320 e. The molecule has 1 aliphatic rings. The number of thiazole rings is 1. The van der Waals surface area contributed by atoms with E-state index in [4.69, 9.17) is 5.11 Å². The van der Waals surface area contributed by atoms with Crippen molar-refractivity contribution in [3.05, 3.63) is 11.1 Å². The lowest BCUT2D eigenvalue weighted by molar-refractivity contribution is -0.145. The van der Waals surface area contributed by atoms with Gasteiger partial charge < -0.3 is 10.4 Å². The third-order valence-electron chi connectivity index (χ3n) is 3.11. The number of carbonyl (C=O) groups is 2. The number of carboxylic acids is 1. The summed E-state index contributed by atoms with van der Waals surface area (Å²) in [5.41, 5.74) is 0.863. The Balaban J connectivity index is 1.91. The van der Waals surface area contributed by atoms with E-state index in [0.29, 0.717) is 18.1 Å². The van der Waals surface area contributed by atoms with Gasteiger partial charge in [0.2, 0.25) is 5.91 Å². The predicted octanol–water partition coefficient (Wildman–Crippen LogP) is 1.33. The van der Waals surface area contributed by atoms with Gasteiger partial charge in [-0.25, -0.2) is 4.98 Å². The standard InChI is InChI=1S/C12H17N3O3S/c1-8-7-19-12(13-8)14-10(16)6-15-5-3-2-4-9(15)11(17)18/h7,9H,2-6H2,1H3,(H,17,18)(H,13,14,16). The van der Waals surface area contributed by atoms with Crippen molar-refractivity contribution in [3.8, 4) is 0 Å². The van der Waals surface area contributed by atoms with E-state index in [2.05, 4.69) is 10.3 Å². The minimum atomic E-state index is -0.849. The number of nitrogens with zero attached hydrogens (tertiary/aromatic N) is 2. The molecule has 2 rings (SSSR count). The molecule has 7 heteroatoms. The van der Waals surface area contributed by atoms with E-state index in [9.17, 15) is 9.59 Å². The first kappa shape index (κ1) is 14.0. The third kappa shape index (κ3) is 3.74. The summed E-state index contributed by atoms with van der Waals surface area (Å²) in [6.07, 6.45) is 2.45. The molecule has 0 aliphatic carbocycles. The average molecular weight is 283 g/mol. The number of aliphatic carboxylic acids is 1. The molecule has 0 radical (unpaired) electrons. The largest absolute Gasteiger partial charge is 0.480 e. The van der Waals surface area contributed by atoms with Gasteiger partial charge in [0, 0.05) is 5.38 Å². The first-order chi connectivity index (χ1) is 9.06. The lowest BCUT2D eigenvalue weighted by atomic mass is 10.0. The number of piperidine rings is 1. The predicted molar refractivity (Wildman–Crippen MR) is 72.3 cm³/mol. The minimum absolute atomic E-state index is 0.107. The molecule has 0 spiro atoms.